The van der Waals surface area contributed by atoms with Crippen LogP contribution < -0.4 is 15.4 Å². The minimum atomic E-state index is -0.491. The first kappa shape index (κ1) is 13.1. The van der Waals surface area contributed by atoms with Gasteiger partial charge in [0.05, 0.1) is 0 Å². The van der Waals surface area contributed by atoms with E-state index in [0.717, 1.165) is 11.3 Å². The highest BCUT2D eigenvalue weighted by molar-refractivity contribution is 5.87. The van der Waals surface area contributed by atoms with Gasteiger partial charge in [0.15, 0.2) is 0 Å². The van der Waals surface area contributed by atoms with Crippen LogP contribution in [0.5, 0.6) is 5.75 Å². The Hall–Kier alpha value is -2.33. The molecule has 4 nitrogen and oxygen atoms in total. The molecule has 0 heterocycles. The van der Waals surface area contributed by atoms with Gasteiger partial charge in [-0.2, -0.15) is 0 Å². The highest BCUT2D eigenvalue weighted by Crippen LogP contribution is 2.16. The second-order valence-electron chi connectivity index (χ2n) is 4.02. The van der Waals surface area contributed by atoms with E-state index in [9.17, 15) is 4.79 Å². The molecule has 1 amide bonds. The third-order valence-corrected chi connectivity index (χ3v) is 2.58. The topological polar surface area (TPSA) is 50.4 Å². The van der Waals surface area contributed by atoms with Gasteiger partial charge < -0.3 is 10.1 Å². The molecule has 0 aliphatic carbocycles. The van der Waals surface area contributed by atoms with E-state index in [4.69, 9.17) is 4.74 Å². The summed E-state index contributed by atoms with van der Waals surface area (Å²) in [6.45, 7) is 0.682. The summed E-state index contributed by atoms with van der Waals surface area (Å²) in [5.74, 6) is 0.520. The normalized spacial score (nSPS) is 9.95. The van der Waals surface area contributed by atoms with Crippen molar-refractivity contribution in [2.45, 2.75) is 6.54 Å². The smallest absolute Gasteiger partial charge is 0.410 e. The van der Waals surface area contributed by atoms with Crippen LogP contribution in [0.4, 0.5) is 10.5 Å². The van der Waals surface area contributed by atoms with Crippen molar-refractivity contribution in [2.24, 2.45) is 0 Å². The molecule has 0 bridgehead atoms. The van der Waals surface area contributed by atoms with Crippen LogP contribution in [0.15, 0.2) is 54.6 Å². The molecule has 0 atom stereocenters. The summed E-state index contributed by atoms with van der Waals surface area (Å²) in [6.07, 6.45) is -0.491. The largest absolute Gasteiger partial charge is 0.417 e. The summed E-state index contributed by atoms with van der Waals surface area (Å²) in [4.78, 5) is 11.8. The van der Waals surface area contributed by atoms with Crippen LogP contribution in [0.1, 0.15) is 5.56 Å². The van der Waals surface area contributed by atoms with Crippen LogP contribution in [-0.4, -0.2) is 13.1 Å². The molecule has 0 aliphatic rings. The van der Waals surface area contributed by atoms with Crippen molar-refractivity contribution >= 4 is 11.8 Å². The monoisotopic (exact) mass is 256 g/mol. The number of para-hydroxylation sites is 2. The Morgan fingerprint density at radius 1 is 1.05 bits per heavy atom. The summed E-state index contributed by atoms with van der Waals surface area (Å²) in [6, 6.07) is 16.6. The summed E-state index contributed by atoms with van der Waals surface area (Å²) in [5.41, 5.74) is 1.76. The Balaban J connectivity index is 2.03. The van der Waals surface area contributed by atoms with E-state index < -0.39 is 6.09 Å². The Morgan fingerprint density at radius 2 is 1.74 bits per heavy atom. The Labute approximate surface area is 112 Å². The van der Waals surface area contributed by atoms with Crippen molar-refractivity contribution < 1.29 is 9.53 Å². The molecule has 0 saturated heterocycles. The van der Waals surface area contributed by atoms with Gasteiger partial charge in [0.25, 0.3) is 0 Å². The number of anilines is 1. The van der Waals surface area contributed by atoms with Gasteiger partial charge in [0.2, 0.25) is 0 Å². The minimum absolute atomic E-state index is 0.491. The lowest BCUT2D eigenvalue weighted by Gasteiger charge is -2.10. The fourth-order valence-corrected chi connectivity index (χ4v) is 1.72. The molecule has 4 heteroatoms. The van der Waals surface area contributed by atoms with Gasteiger partial charge in [-0.3, -0.25) is 5.32 Å². The third kappa shape index (κ3) is 3.82. The SMILES string of the molecule is CNCc1ccccc1NC(=O)Oc1ccccc1. The number of carbonyl (C=O) groups is 1. The Kier molecular flexibility index (Phi) is 4.53. The van der Waals surface area contributed by atoms with Crippen molar-refractivity contribution in [2.75, 3.05) is 12.4 Å². The van der Waals surface area contributed by atoms with E-state index in [0.29, 0.717) is 12.3 Å². The number of hydrogen-bond acceptors (Lipinski definition) is 3. The molecule has 98 valence electrons. The van der Waals surface area contributed by atoms with E-state index in [1.807, 2.05) is 49.5 Å². The maximum absolute atomic E-state index is 11.8. The predicted molar refractivity (Wildman–Crippen MR) is 75.3 cm³/mol. The van der Waals surface area contributed by atoms with Crippen LogP contribution in [0.25, 0.3) is 0 Å². The van der Waals surface area contributed by atoms with Crippen LogP contribution >= 0.6 is 0 Å². The lowest BCUT2D eigenvalue weighted by Crippen LogP contribution is -2.18. The molecule has 0 radical (unpaired) electrons. The van der Waals surface area contributed by atoms with Gasteiger partial charge in [-0.1, -0.05) is 36.4 Å². The number of carbonyl (C=O) groups excluding carboxylic acids is 1. The maximum Gasteiger partial charge on any atom is 0.417 e. The van der Waals surface area contributed by atoms with E-state index in [2.05, 4.69) is 10.6 Å². The first-order valence-electron chi connectivity index (χ1n) is 6.06. The highest BCUT2D eigenvalue weighted by atomic mass is 16.6. The number of rotatable bonds is 4. The average Bonchev–Trinajstić information content (AvgIpc) is 2.42. The zero-order valence-electron chi connectivity index (χ0n) is 10.7. The summed E-state index contributed by atoms with van der Waals surface area (Å²) >= 11 is 0. The number of benzene rings is 2. The zero-order chi connectivity index (χ0) is 13.5. The van der Waals surface area contributed by atoms with Gasteiger partial charge >= 0.3 is 6.09 Å². The molecule has 0 spiro atoms. The molecule has 19 heavy (non-hydrogen) atoms. The van der Waals surface area contributed by atoms with Gasteiger partial charge in [0, 0.05) is 12.2 Å². The second-order valence-corrected chi connectivity index (χ2v) is 4.02. The summed E-state index contributed by atoms with van der Waals surface area (Å²) in [5, 5.41) is 5.80. The molecule has 0 saturated carbocycles. The van der Waals surface area contributed by atoms with Crippen molar-refractivity contribution in [1.29, 1.82) is 0 Å². The molecule has 2 aromatic rings. The molecule has 0 aliphatic heterocycles. The fourth-order valence-electron chi connectivity index (χ4n) is 1.72. The minimum Gasteiger partial charge on any atom is -0.410 e. The lowest BCUT2D eigenvalue weighted by atomic mass is 10.2. The predicted octanol–water partition coefficient (Wildman–Crippen LogP) is 3.02. The number of ether oxygens (including phenoxy) is 1. The summed E-state index contributed by atoms with van der Waals surface area (Å²) in [7, 11) is 1.86. The number of hydrogen-bond donors (Lipinski definition) is 2. The molecule has 2 rings (SSSR count). The third-order valence-electron chi connectivity index (χ3n) is 2.58. The van der Waals surface area contributed by atoms with E-state index in [1.165, 1.54) is 0 Å². The molecule has 0 unspecified atom stereocenters. The molecular formula is C15H16N2O2. The second kappa shape index (κ2) is 6.56. The Bertz CT molecular complexity index is 541. The molecule has 2 N–H and O–H groups in total. The van der Waals surface area contributed by atoms with Crippen LogP contribution in [0.3, 0.4) is 0 Å². The number of amides is 1. The van der Waals surface area contributed by atoms with Crippen LogP contribution in [-0.2, 0) is 6.54 Å². The van der Waals surface area contributed by atoms with E-state index in [-0.39, 0.29) is 0 Å². The van der Waals surface area contributed by atoms with Crippen molar-refractivity contribution in [3.63, 3.8) is 0 Å². The Morgan fingerprint density at radius 3 is 2.47 bits per heavy atom. The summed E-state index contributed by atoms with van der Waals surface area (Å²) < 4.78 is 5.18. The van der Waals surface area contributed by atoms with Gasteiger partial charge in [-0.15, -0.1) is 0 Å². The van der Waals surface area contributed by atoms with Crippen molar-refractivity contribution in [3.8, 4) is 5.75 Å². The van der Waals surface area contributed by atoms with Crippen LogP contribution in [0.2, 0.25) is 0 Å². The number of nitrogens with one attached hydrogen (secondary N) is 2. The lowest BCUT2D eigenvalue weighted by molar-refractivity contribution is 0.215. The quantitative estimate of drug-likeness (QED) is 0.884. The molecule has 0 fully saturated rings. The molecule has 2 aromatic carbocycles. The van der Waals surface area contributed by atoms with Gasteiger partial charge in [-0.05, 0) is 30.8 Å². The first-order valence-corrected chi connectivity index (χ1v) is 6.06. The maximum atomic E-state index is 11.8. The van der Waals surface area contributed by atoms with Gasteiger partial charge in [-0.25, -0.2) is 4.79 Å². The standard InChI is InChI=1S/C15H16N2O2/c1-16-11-12-7-5-6-10-14(12)17-15(18)19-13-8-3-2-4-9-13/h2-10,16H,11H2,1H3,(H,17,18). The first-order chi connectivity index (χ1) is 9.29. The highest BCUT2D eigenvalue weighted by Gasteiger charge is 2.07. The fraction of sp³-hybridized carbons (Fsp3) is 0.133. The van der Waals surface area contributed by atoms with Crippen LogP contribution in [0, 0.1) is 0 Å². The van der Waals surface area contributed by atoms with Crippen molar-refractivity contribution in [1.82, 2.24) is 5.32 Å². The zero-order valence-corrected chi connectivity index (χ0v) is 10.7. The molecular weight excluding hydrogens is 240 g/mol. The van der Waals surface area contributed by atoms with E-state index >= 15 is 0 Å². The van der Waals surface area contributed by atoms with Gasteiger partial charge in [0.1, 0.15) is 5.75 Å². The van der Waals surface area contributed by atoms with E-state index in [1.54, 1.807) is 12.1 Å². The van der Waals surface area contributed by atoms with Crippen molar-refractivity contribution in [3.05, 3.63) is 60.2 Å². The average molecular weight is 256 g/mol. The molecule has 0 aromatic heterocycles.